The topological polar surface area (TPSA) is 77.0 Å². The number of rotatable bonds is 6. The summed E-state index contributed by atoms with van der Waals surface area (Å²) in [5, 5.41) is 7.79. The summed E-state index contributed by atoms with van der Waals surface area (Å²) >= 11 is 0. The van der Waals surface area contributed by atoms with Crippen molar-refractivity contribution in [3.63, 3.8) is 0 Å². The monoisotopic (exact) mass is 251 g/mol. The van der Waals surface area contributed by atoms with Crippen LogP contribution in [-0.2, 0) is 17.9 Å². The molecule has 0 aliphatic heterocycles. The van der Waals surface area contributed by atoms with Gasteiger partial charge < -0.3 is 10.6 Å². The van der Waals surface area contributed by atoms with Crippen LogP contribution in [0.5, 0.6) is 0 Å². The minimum atomic E-state index is 0.102. The molecule has 1 aromatic rings. The lowest BCUT2D eigenvalue weighted by Gasteiger charge is -2.26. The Bertz CT molecular complexity index is 410. The van der Waals surface area contributed by atoms with Gasteiger partial charge >= 0.3 is 0 Å². The van der Waals surface area contributed by atoms with Crippen LogP contribution in [0, 0.1) is 5.92 Å². The molecule has 0 bridgehead atoms. The van der Waals surface area contributed by atoms with Crippen LogP contribution in [-0.4, -0.2) is 38.4 Å². The highest BCUT2D eigenvalue weighted by molar-refractivity contribution is 5.76. The number of nitrogens with two attached hydrogens (primary N) is 1. The molecule has 1 aromatic heterocycles. The van der Waals surface area contributed by atoms with Crippen molar-refractivity contribution in [1.29, 1.82) is 0 Å². The van der Waals surface area contributed by atoms with Gasteiger partial charge in [-0.2, -0.15) is 0 Å². The van der Waals surface area contributed by atoms with E-state index in [9.17, 15) is 4.79 Å². The Morgan fingerprint density at radius 1 is 1.61 bits per heavy atom. The van der Waals surface area contributed by atoms with Gasteiger partial charge in [0.05, 0.1) is 11.9 Å². The first-order chi connectivity index (χ1) is 8.60. The molecule has 18 heavy (non-hydrogen) atoms. The van der Waals surface area contributed by atoms with Gasteiger partial charge in [0, 0.05) is 19.1 Å². The van der Waals surface area contributed by atoms with E-state index < -0.39 is 0 Å². The average Bonchev–Trinajstić information content (AvgIpc) is 3.04. The summed E-state index contributed by atoms with van der Waals surface area (Å²) in [4.78, 5) is 14.2. The van der Waals surface area contributed by atoms with E-state index in [2.05, 4.69) is 10.3 Å². The van der Waals surface area contributed by atoms with Gasteiger partial charge in [-0.3, -0.25) is 4.79 Å². The lowest BCUT2D eigenvalue weighted by Crippen LogP contribution is -2.40. The van der Waals surface area contributed by atoms with Crippen LogP contribution in [0.2, 0.25) is 0 Å². The van der Waals surface area contributed by atoms with E-state index in [1.165, 1.54) is 12.8 Å². The molecule has 1 fully saturated rings. The first-order valence-corrected chi connectivity index (χ1v) is 6.48. The normalized spacial score (nSPS) is 15.1. The van der Waals surface area contributed by atoms with Crippen molar-refractivity contribution in [2.45, 2.75) is 45.8 Å². The minimum absolute atomic E-state index is 0.102. The lowest BCUT2D eigenvalue weighted by atomic mass is 10.2. The molecule has 1 saturated carbocycles. The summed E-state index contributed by atoms with van der Waals surface area (Å²) in [6, 6.07) is 0.232. The number of amides is 1. The second-order valence-electron chi connectivity index (χ2n) is 5.19. The predicted molar refractivity (Wildman–Crippen MR) is 67.5 cm³/mol. The van der Waals surface area contributed by atoms with E-state index in [0.29, 0.717) is 18.2 Å². The third-order valence-corrected chi connectivity index (χ3v) is 3.19. The van der Waals surface area contributed by atoms with Crippen molar-refractivity contribution >= 4 is 5.91 Å². The molecule has 0 radical (unpaired) electrons. The molecule has 1 amide bonds. The fourth-order valence-electron chi connectivity index (χ4n) is 1.92. The molecule has 2 rings (SSSR count). The summed E-state index contributed by atoms with van der Waals surface area (Å²) < 4.78 is 1.56. The van der Waals surface area contributed by atoms with E-state index in [1.54, 1.807) is 10.9 Å². The maximum atomic E-state index is 12.2. The molecule has 0 saturated heterocycles. The number of carbonyl (C=O) groups excluding carboxylic acids is 1. The van der Waals surface area contributed by atoms with E-state index in [1.807, 2.05) is 18.7 Å². The van der Waals surface area contributed by atoms with Gasteiger partial charge in [0.15, 0.2) is 0 Å². The Labute approximate surface area is 107 Å². The van der Waals surface area contributed by atoms with Crippen molar-refractivity contribution < 1.29 is 4.79 Å². The van der Waals surface area contributed by atoms with Crippen LogP contribution in [0.4, 0.5) is 0 Å². The van der Waals surface area contributed by atoms with Crippen molar-refractivity contribution in [1.82, 2.24) is 19.9 Å². The summed E-state index contributed by atoms with van der Waals surface area (Å²) in [5.41, 5.74) is 6.17. The molecule has 0 spiro atoms. The summed E-state index contributed by atoms with van der Waals surface area (Å²) in [7, 11) is 0. The quantitative estimate of drug-likeness (QED) is 0.793. The largest absolute Gasteiger partial charge is 0.338 e. The lowest BCUT2D eigenvalue weighted by molar-refractivity contribution is -0.134. The van der Waals surface area contributed by atoms with Crippen LogP contribution in [0.15, 0.2) is 6.20 Å². The zero-order chi connectivity index (χ0) is 13.1. The Morgan fingerprint density at radius 2 is 2.33 bits per heavy atom. The Morgan fingerprint density at radius 3 is 2.83 bits per heavy atom. The SMILES string of the molecule is CC(C)N(CC1CC1)C(=O)Cn1cc(CN)nn1. The second kappa shape index (κ2) is 5.48. The number of aromatic nitrogens is 3. The van der Waals surface area contributed by atoms with Gasteiger partial charge in [-0.25, -0.2) is 4.68 Å². The van der Waals surface area contributed by atoms with Gasteiger partial charge in [0.25, 0.3) is 0 Å². The Balaban J connectivity index is 1.94. The van der Waals surface area contributed by atoms with Crippen molar-refractivity contribution in [3.05, 3.63) is 11.9 Å². The van der Waals surface area contributed by atoms with E-state index in [-0.39, 0.29) is 18.5 Å². The molecule has 1 aliphatic rings. The molecule has 1 aliphatic carbocycles. The summed E-state index contributed by atoms with van der Waals surface area (Å²) in [6.45, 7) is 5.57. The molecule has 0 aromatic carbocycles. The number of hydrogen-bond acceptors (Lipinski definition) is 4. The zero-order valence-electron chi connectivity index (χ0n) is 11.0. The smallest absolute Gasteiger partial charge is 0.244 e. The maximum absolute atomic E-state index is 12.2. The summed E-state index contributed by atoms with van der Waals surface area (Å²) in [6.07, 6.45) is 4.22. The molecule has 0 unspecified atom stereocenters. The van der Waals surface area contributed by atoms with Crippen LogP contribution in [0.1, 0.15) is 32.4 Å². The predicted octanol–water partition coefficient (Wildman–Crippen LogP) is 0.384. The highest BCUT2D eigenvalue weighted by Crippen LogP contribution is 2.30. The van der Waals surface area contributed by atoms with E-state index in [0.717, 1.165) is 6.54 Å². The summed E-state index contributed by atoms with van der Waals surface area (Å²) in [5.74, 6) is 0.803. The third kappa shape index (κ3) is 3.29. The molecule has 100 valence electrons. The Kier molecular flexibility index (Phi) is 3.96. The molecular weight excluding hydrogens is 230 g/mol. The zero-order valence-corrected chi connectivity index (χ0v) is 11.0. The molecule has 2 N–H and O–H groups in total. The number of carbonyl (C=O) groups is 1. The first kappa shape index (κ1) is 13.0. The van der Waals surface area contributed by atoms with Crippen molar-refractivity contribution in [3.8, 4) is 0 Å². The van der Waals surface area contributed by atoms with Crippen LogP contribution in [0.25, 0.3) is 0 Å². The molecule has 6 heteroatoms. The highest BCUT2D eigenvalue weighted by atomic mass is 16.2. The number of nitrogens with zero attached hydrogens (tertiary/aromatic N) is 4. The van der Waals surface area contributed by atoms with Crippen molar-refractivity contribution in [2.24, 2.45) is 11.7 Å². The van der Waals surface area contributed by atoms with Gasteiger partial charge in [-0.15, -0.1) is 5.10 Å². The fourth-order valence-corrected chi connectivity index (χ4v) is 1.92. The number of hydrogen-bond donors (Lipinski definition) is 1. The molecular formula is C12H21N5O. The third-order valence-electron chi connectivity index (χ3n) is 3.19. The van der Waals surface area contributed by atoms with Gasteiger partial charge in [-0.1, -0.05) is 5.21 Å². The standard InChI is InChI=1S/C12H21N5O/c1-9(2)17(6-10-3-4-10)12(18)8-16-7-11(5-13)14-15-16/h7,9-10H,3-6,8,13H2,1-2H3. The van der Waals surface area contributed by atoms with E-state index >= 15 is 0 Å². The van der Waals surface area contributed by atoms with Crippen LogP contribution < -0.4 is 5.73 Å². The van der Waals surface area contributed by atoms with Crippen LogP contribution >= 0.6 is 0 Å². The van der Waals surface area contributed by atoms with Gasteiger partial charge in [0.1, 0.15) is 6.54 Å². The van der Waals surface area contributed by atoms with E-state index in [4.69, 9.17) is 5.73 Å². The second-order valence-corrected chi connectivity index (χ2v) is 5.19. The molecule has 1 heterocycles. The minimum Gasteiger partial charge on any atom is -0.338 e. The first-order valence-electron chi connectivity index (χ1n) is 6.48. The van der Waals surface area contributed by atoms with Crippen molar-refractivity contribution in [2.75, 3.05) is 6.54 Å². The Hall–Kier alpha value is -1.43. The van der Waals surface area contributed by atoms with Gasteiger partial charge in [-0.05, 0) is 32.6 Å². The molecule has 0 atom stereocenters. The van der Waals surface area contributed by atoms with Crippen LogP contribution in [0.3, 0.4) is 0 Å². The average molecular weight is 251 g/mol. The molecule has 6 nitrogen and oxygen atoms in total. The maximum Gasteiger partial charge on any atom is 0.244 e. The highest BCUT2D eigenvalue weighted by Gasteiger charge is 2.28. The fraction of sp³-hybridized carbons (Fsp3) is 0.750. The van der Waals surface area contributed by atoms with Gasteiger partial charge in [0.2, 0.25) is 5.91 Å².